The number of hydrogen-bond acceptors (Lipinski definition) is 9. The first-order valence-electron chi connectivity index (χ1n) is 16.7. The second kappa shape index (κ2) is 18.0. The standard InChI is InChI=1S/C40H38F3NO9/c1-4-50-35(46)24-28-22-26(23-34(45)53-25-39(37(48)51-5-2,38(49)52-6-3)29-12-8-7-9-13-29)16-21-33(28)44-36(47)32-15-11-10-14-31(32)27-17-19-30(20-18-27)40(41,42)43/h7-22H,4-6,23-25H2,1-3H3,(H,44,47). The summed E-state index contributed by atoms with van der Waals surface area (Å²) in [5.74, 6) is -3.93. The molecule has 0 atom stereocenters. The van der Waals surface area contributed by atoms with Crippen LogP contribution in [0.5, 0.6) is 0 Å². The van der Waals surface area contributed by atoms with Gasteiger partial charge in [0, 0.05) is 11.3 Å². The number of benzene rings is 4. The lowest BCUT2D eigenvalue weighted by molar-refractivity contribution is -0.170. The predicted octanol–water partition coefficient (Wildman–Crippen LogP) is 6.88. The van der Waals surface area contributed by atoms with E-state index in [-0.39, 0.29) is 49.5 Å². The molecule has 278 valence electrons. The Kier molecular flexibility index (Phi) is 13.5. The third-order valence-corrected chi connectivity index (χ3v) is 8.07. The molecular weight excluding hydrogens is 695 g/mol. The van der Waals surface area contributed by atoms with Crippen LogP contribution in [0.15, 0.2) is 97.1 Å². The van der Waals surface area contributed by atoms with Gasteiger partial charge >= 0.3 is 30.1 Å². The Bertz CT molecular complexity index is 1910. The van der Waals surface area contributed by atoms with Gasteiger partial charge in [-0.05, 0) is 72.9 Å². The van der Waals surface area contributed by atoms with Crippen molar-refractivity contribution in [2.24, 2.45) is 0 Å². The Balaban J connectivity index is 1.59. The van der Waals surface area contributed by atoms with Crippen LogP contribution >= 0.6 is 0 Å². The molecule has 0 aromatic heterocycles. The monoisotopic (exact) mass is 733 g/mol. The Hall–Kier alpha value is -5.98. The highest BCUT2D eigenvalue weighted by molar-refractivity contribution is 6.09. The van der Waals surface area contributed by atoms with E-state index in [0.29, 0.717) is 22.3 Å². The van der Waals surface area contributed by atoms with Gasteiger partial charge in [0.05, 0.1) is 38.2 Å². The zero-order valence-corrected chi connectivity index (χ0v) is 29.3. The molecule has 4 rings (SSSR count). The van der Waals surface area contributed by atoms with Gasteiger partial charge in [-0.15, -0.1) is 0 Å². The summed E-state index contributed by atoms with van der Waals surface area (Å²) in [6.07, 6.45) is -5.15. The number of alkyl halides is 3. The van der Waals surface area contributed by atoms with Crippen molar-refractivity contribution in [3.05, 3.63) is 125 Å². The van der Waals surface area contributed by atoms with Crippen LogP contribution in [0.3, 0.4) is 0 Å². The van der Waals surface area contributed by atoms with Crippen LogP contribution in [0.25, 0.3) is 11.1 Å². The van der Waals surface area contributed by atoms with Gasteiger partial charge in [-0.25, -0.2) is 0 Å². The predicted molar refractivity (Wildman–Crippen MR) is 188 cm³/mol. The maximum Gasteiger partial charge on any atom is 0.416 e. The minimum absolute atomic E-state index is 0.0481. The lowest BCUT2D eigenvalue weighted by Crippen LogP contribution is -2.50. The molecule has 0 radical (unpaired) electrons. The molecule has 4 aromatic carbocycles. The lowest BCUT2D eigenvalue weighted by atomic mass is 9.81. The second-order valence-corrected chi connectivity index (χ2v) is 11.6. The molecule has 0 aliphatic carbocycles. The van der Waals surface area contributed by atoms with Crippen LogP contribution in [0, 0.1) is 0 Å². The van der Waals surface area contributed by atoms with Crippen molar-refractivity contribution in [2.75, 3.05) is 31.7 Å². The van der Waals surface area contributed by atoms with E-state index in [2.05, 4.69) is 5.32 Å². The quantitative estimate of drug-likeness (QED) is 0.0789. The molecule has 53 heavy (non-hydrogen) atoms. The van der Waals surface area contributed by atoms with Crippen molar-refractivity contribution in [1.82, 2.24) is 0 Å². The number of esters is 4. The fourth-order valence-electron chi connectivity index (χ4n) is 5.51. The molecule has 0 heterocycles. The van der Waals surface area contributed by atoms with Gasteiger partial charge in [0.15, 0.2) is 0 Å². The van der Waals surface area contributed by atoms with Gasteiger partial charge in [0.2, 0.25) is 5.41 Å². The number of carbonyl (C=O) groups excluding carboxylic acids is 5. The Morgan fingerprint density at radius 1 is 0.623 bits per heavy atom. The van der Waals surface area contributed by atoms with Crippen LogP contribution < -0.4 is 5.32 Å². The lowest BCUT2D eigenvalue weighted by Gasteiger charge is -2.29. The van der Waals surface area contributed by atoms with Crippen LogP contribution in [-0.2, 0) is 62.6 Å². The van der Waals surface area contributed by atoms with Crippen molar-refractivity contribution < 1.29 is 56.1 Å². The Morgan fingerprint density at radius 3 is 1.81 bits per heavy atom. The molecule has 4 aromatic rings. The number of carbonyl (C=O) groups is 5. The highest BCUT2D eigenvalue weighted by atomic mass is 19.4. The van der Waals surface area contributed by atoms with Crippen molar-refractivity contribution in [3.8, 4) is 11.1 Å². The number of halogens is 3. The molecule has 0 saturated carbocycles. The van der Waals surface area contributed by atoms with Gasteiger partial charge in [-0.2, -0.15) is 13.2 Å². The topological polar surface area (TPSA) is 134 Å². The van der Waals surface area contributed by atoms with Crippen LogP contribution in [-0.4, -0.2) is 56.2 Å². The highest BCUT2D eigenvalue weighted by Gasteiger charge is 2.52. The maximum atomic E-state index is 13.6. The summed E-state index contributed by atoms with van der Waals surface area (Å²) >= 11 is 0. The summed E-state index contributed by atoms with van der Waals surface area (Å²) in [5.41, 5.74) is -0.912. The molecule has 0 saturated heterocycles. The van der Waals surface area contributed by atoms with Crippen molar-refractivity contribution in [3.63, 3.8) is 0 Å². The zero-order valence-electron chi connectivity index (χ0n) is 29.3. The molecule has 0 aliphatic heterocycles. The minimum atomic E-state index is -4.52. The Labute approximate surface area is 304 Å². The molecule has 0 bridgehead atoms. The molecule has 13 heteroatoms. The summed E-state index contributed by atoms with van der Waals surface area (Å²) < 4.78 is 60.5. The third-order valence-electron chi connectivity index (χ3n) is 8.07. The van der Waals surface area contributed by atoms with Gasteiger partial charge in [0.25, 0.3) is 5.91 Å². The summed E-state index contributed by atoms with van der Waals surface area (Å²) in [5, 5.41) is 2.77. The zero-order chi connectivity index (χ0) is 38.6. The molecule has 0 unspecified atom stereocenters. The van der Waals surface area contributed by atoms with E-state index < -0.39 is 53.5 Å². The van der Waals surface area contributed by atoms with E-state index in [1.807, 2.05) is 0 Å². The van der Waals surface area contributed by atoms with E-state index in [1.54, 1.807) is 57.2 Å². The van der Waals surface area contributed by atoms with Gasteiger partial charge in [-0.3, -0.25) is 24.0 Å². The van der Waals surface area contributed by atoms with Crippen LogP contribution in [0.2, 0.25) is 0 Å². The Morgan fingerprint density at radius 2 is 1.21 bits per heavy atom. The van der Waals surface area contributed by atoms with Crippen molar-refractivity contribution in [2.45, 2.75) is 45.2 Å². The summed E-state index contributed by atoms with van der Waals surface area (Å²) in [6.45, 7) is 4.06. The molecule has 1 amide bonds. The average molecular weight is 734 g/mol. The molecular formula is C40H38F3NO9. The van der Waals surface area contributed by atoms with Crippen molar-refractivity contribution in [1.29, 1.82) is 0 Å². The van der Waals surface area contributed by atoms with Crippen LogP contribution in [0.4, 0.5) is 18.9 Å². The number of hydrogen-bond donors (Lipinski definition) is 1. The molecule has 1 N–H and O–H groups in total. The normalized spacial score (nSPS) is 11.3. The van der Waals surface area contributed by atoms with Gasteiger partial charge in [0.1, 0.15) is 6.61 Å². The maximum absolute atomic E-state index is 13.6. The largest absolute Gasteiger partial charge is 0.466 e. The summed E-state index contributed by atoms with van der Waals surface area (Å²) in [7, 11) is 0. The third kappa shape index (κ3) is 9.88. The summed E-state index contributed by atoms with van der Waals surface area (Å²) in [4.78, 5) is 66.0. The summed E-state index contributed by atoms with van der Waals surface area (Å²) in [6, 6.07) is 23.3. The average Bonchev–Trinajstić information content (AvgIpc) is 3.13. The number of amides is 1. The number of rotatable bonds is 15. The fraction of sp³-hybridized carbons (Fsp3) is 0.275. The van der Waals surface area contributed by atoms with E-state index >= 15 is 0 Å². The second-order valence-electron chi connectivity index (χ2n) is 11.6. The highest BCUT2D eigenvalue weighted by Crippen LogP contribution is 2.33. The van der Waals surface area contributed by atoms with E-state index in [4.69, 9.17) is 18.9 Å². The van der Waals surface area contributed by atoms with E-state index in [0.717, 1.165) is 12.1 Å². The molecule has 10 nitrogen and oxygen atoms in total. The first kappa shape index (κ1) is 39.8. The van der Waals surface area contributed by atoms with Crippen molar-refractivity contribution >= 4 is 35.5 Å². The van der Waals surface area contributed by atoms with E-state index in [1.165, 1.54) is 48.5 Å². The number of ether oxygens (including phenoxy) is 4. The first-order valence-corrected chi connectivity index (χ1v) is 16.7. The molecule has 0 spiro atoms. The SMILES string of the molecule is CCOC(=O)Cc1cc(CC(=O)OCC(C(=O)OCC)(C(=O)OCC)c2ccccc2)ccc1NC(=O)c1ccccc1-c1ccc(C(F)(F)F)cc1. The first-order chi connectivity index (χ1) is 25.3. The van der Waals surface area contributed by atoms with E-state index in [9.17, 15) is 37.1 Å². The number of anilines is 1. The van der Waals surface area contributed by atoms with Gasteiger partial charge in [-0.1, -0.05) is 72.8 Å². The fourth-order valence-corrected chi connectivity index (χ4v) is 5.51. The molecule has 0 aliphatic rings. The molecule has 0 fully saturated rings. The van der Waals surface area contributed by atoms with Gasteiger partial charge < -0.3 is 24.3 Å². The smallest absolute Gasteiger partial charge is 0.416 e. The van der Waals surface area contributed by atoms with Crippen LogP contribution in [0.1, 0.15) is 53.4 Å². The number of nitrogens with one attached hydrogen (secondary N) is 1. The minimum Gasteiger partial charge on any atom is -0.466 e.